The zero-order valence-corrected chi connectivity index (χ0v) is 11.6. The fourth-order valence-corrected chi connectivity index (χ4v) is 1.80. The van der Waals surface area contributed by atoms with Crippen molar-refractivity contribution in [2.24, 2.45) is 0 Å². The predicted molar refractivity (Wildman–Crippen MR) is 80.0 cm³/mol. The number of carbonyl (C=O) groups is 1. The SMILES string of the molecule is CC(=O)CCNCc1ccc(Oc2ccccc2)cc1. The lowest BCUT2D eigenvalue weighted by Crippen LogP contribution is -2.16. The number of benzene rings is 2. The Morgan fingerprint density at radius 2 is 1.65 bits per heavy atom. The van der Waals surface area contributed by atoms with Gasteiger partial charge in [0.2, 0.25) is 0 Å². The van der Waals surface area contributed by atoms with E-state index in [1.54, 1.807) is 6.92 Å². The van der Waals surface area contributed by atoms with Crippen LogP contribution in [0, 0.1) is 0 Å². The molecule has 20 heavy (non-hydrogen) atoms. The zero-order valence-electron chi connectivity index (χ0n) is 11.6. The molecule has 2 aromatic rings. The maximum atomic E-state index is 10.8. The number of rotatable bonds is 7. The van der Waals surface area contributed by atoms with Crippen LogP contribution in [0.4, 0.5) is 0 Å². The summed E-state index contributed by atoms with van der Waals surface area (Å²) in [7, 11) is 0. The second-order valence-corrected chi connectivity index (χ2v) is 4.69. The molecule has 1 N–H and O–H groups in total. The summed E-state index contributed by atoms with van der Waals surface area (Å²) < 4.78 is 5.73. The molecule has 2 rings (SSSR count). The lowest BCUT2D eigenvalue weighted by atomic mass is 10.2. The summed E-state index contributed by atoms with van der Waals surface area (Å²) in [5.74, 6) is 1.87. The molecule has 0 aliphatic rings. The highest BCUT2D eigenvalue weighted by Crippen LogP contribution is 2.20. The molecule has 3 nitrogen and oxygen atoms in total. The van der Waals surface area contributed by atoms with E-state index >= 15 is 0 Å². The van der Waals surface area contributed by atoms with Gasteiger partial charge < -0.3 is 10.1 Å². The van der Waals surface area contributed by atoms with Crippen LogP contribution in [0.15, 0.2) is 54.6 Å². The largest absolute Gasteiger partial charge is 0.457 e. The van der Waals surface area contributed by atoms with Crippen LogP contribution in [-0.4, -0.2) is 12.3 Å². The van der Waals surface area contributed by atoms with Gasteiger partial charge in [-0.2, -0.15) is 0 Å². The smallest absolute Gasteiger partial charge is 0.131 e. The molecular weight excluding hydrogens is 250 g/mol. The normalized spacial score (nSPS) is 10.2. The summed E-state index contributed by atoms with van der Waals surface area (Å²) in [6.45, 7) is 3.09. The third kappa shape index (κ3) is 4.86. The lowest BCUT2D eigenvalue weighted by molar-refractivity contribution is -0.116. The first-order chi connectivity index (χ1) is 9.74. The Labute approximate surface area is 119 Å². The molecule has 0 heterocycles. The van der Waals surface area contributed by atoms with Gasteiger partial charge in [-0.3, -0.25) is 4.79 Å². The Morgan fingerprint density at radius 1 is 1.00 bits per heavy atom. The van der Waals surface area contributed by atoms with Crippen LogP contribution in [0.25, 0.3) is 0 Å². The molecule has 0 spiro atoms. The number of nitrogens with one attached hydrogen (secondary N) is 1. The van der Waals surface area contributed by atoms with Gasteiger partial charge in [0, 0.05) is 19.5 Å². The molecule has 0 aliphatic carbocycles. The number of ketones is 1. The van der Waals surface area contributed by atoms with Gasteiger partial charge in [-0.15, -0.1) is 0 Å². The topological polar surface area (TPSA) is 38.3 Å². The number of Topliss-reactive ketones (excluding diaryl/α,β-unsaturated/α-hetero) is 1. The van der Waals surface area contributed by atoms with E-state index in [0.29, 0.717) is 6.42 Å². The Balaban J connectivity index is 1.82. The van der Waals surface area contributed by atoms with Gasteiger partial charge in [-0.25, -0.2) is 0 Å². The number of hydrogen-bond donors (Lipinski definition) is 1. The van der Waals surface area contributed by atoms with Crippen molar-refractivity contribution in [3.05, 3.63) is 60.2 Å². The van der Waals surface area contributed by atoms with Gasteiger partial charge >= 0.3 is 0 Å². The van der Waals surface area contributed by atoms with E-state index in [1.165, 1.54) is 5.56 Å². The van der Waals surface area contributed by atoms with Crippen LogP contribution in [0.5, 0.6) is 11.5 Å². The summed E-state index contributed by atoms with van der Waals surface area (Å²) in [6, 6.07) is 17.7. The molecule has 0 aliphatic heterocycles. The van der Waals surface area contributed by atoms with Crippen molar-refractivity contribution in [2.45, 2.75) is 19.9 Å². The number of hydrogen-bond acceptors (Lipinski definition) is 3. The molecule has 0 bridgehead atoms. The number of para-hydroxylation sites is 1. The van der Waals surface area contributed by atoms with Crippen molar-refractivity contribution < 1.29 is 9.53 Å². The monoisotopic (exact) mass is 269 g/mol. The zero-order chi connectivity index (χ0) is 14.2. The standard InChI is InChI=1S/C17H19NO2/c1-14(19)11-12-18-13-15-7-9-17(10-8-15)20-16-5-3-2-4-6-16/h2-10,18H,11-13H2,1H3. The van der Waals surface area contributed by atoms with Gasteiger partial charge in [0.05, 0.1) is 0 Å². The highest BCUT2D eigenvalue weighted by Gasteiger charge is 1.98. The van der Waals surface area contributed by atoms with Crippen molar-refractivity contribution in [2.75, 3.05) is 6.54 Å². The predicted octanol–water partition coefficient (Wildman–Crippen LogP) is 3.55. The highest BCUT2D eigenvalue weighted by molar-refractivity contribution is 5.75. The summed E-state index contributed by atoms with van der Waals surface area (Å²) in [6.07, 6.45) is 0.579. The first-order valence-electron chi connectivity index (χ1n) is 6.76. The Morgan fingerprint density at radius 3 is 2.30 bits per heavy atom. The van der Waals surface area contributed by atoms with E-state index < -0.39 is 0 Å². The molecule has 0 aromatic heterocycles. The fraction of sp³-hybridized carbons (Fsp3) is 0.235. The summed E-state index contributed by atoms with van der Waals surface area (Å²) >= 11 is 0. The Bertz CT molecular complexity index is 535. The van der Waals surface area contributed by atoms with E-state index in [4.69, 9.17) is 4.74 Å². The maximum absolute atomic E-state index is 10.8. The lowest BCUT2D eigenvalue weighted by Gasteiger charge is -2.07. The van der Waals surface area contributed by atoms with Gasteiger partial charge in [0.15, 0.2) is 0 Å². The van der Waals surface area contributed by atoms with Crippen LogP contribution in [0.2, 0.25) is 0 Å². The van der Waals surface area contributed by atoms with E-state index in [9.17, 15) is 4.79 Å². The molecule has 0 saturated carbocycles. The van der Waals surface area contributed by atoms with Gasteiger partial charge in [-0.05, 0) is 36.8 Å². The van der Waals surface area contributed by atoms with Gasteiger partial charge in [0.1, 0.15) is 17.3 Å². The van der Waals surface area contributed by atoms with Crippen LogP contribution in [-0.2, 0) is 11.3 Å². The van der Waals surface area contributed by atoms with E-state index in [-0.39, 0.29) is 5.78 Å². The van der Waals surface area contributed by atoms with Crippen LogP contribution >= 0.6 is 0 Å². The Hall–Kier alpha value is -2.13. The van der Waals surface area contributed by atoms with Crippen molar-refractivity contribution >= 4 is 5.78 Å². The quantitative estimate of drug-likeness (QED) is 0.781. The van der Waals surface area contributed by atoms with Crippen molar-refractivity contribution in [1.29, 1.82) is 0 Å². The minimum atomic E-state index is 0.212. The minimum absolute atomic E-state index is 0.212. The molecule has 0 amide bonds. The summed E-state index contributed by atoms with van der Waals surface area (Å²) in [4.78, 5) is 10.8. The fourth-order valence-electron chi connectivity index (χ4n) is 1.80. The van der Waals surface area contributed by atoms with E-state index in [0.717, 1.165) is 24.6 Å². The van der Waals surface area contributed by atoms with E-state index in [2.05, 4.69) is 5.32 Å². The molecular formula is C17H19NO2. The first kappa shape index (κ1) is 14.3. The number of ether oxygens (including phenoxy) is 1. The van der Waals surface area contributed by atoms with Crippen LogP contribution < -0.4 is 10.1 Å². The van der Waals surface area contributed by atoms with Gasteiger partial charge in [0.25, 0.3) is 0 Å². The summed E-state index contributed by atoms with van der Waals surface area (Å²) in [5.41, 5.74) is 1.17. The molecule has 0 fully saturated rings. The second-order valence-electron chi connectivity index (χ2n) is 4.69. The van der Waals surface area contributed by atoms with Crippen molar-refractivity contribution in [3.63, 3.8) is 0 Å². The average Bonchev–Trinajstić information content (AvgIpc) is 2.46. The Kier molecular flexibility index (Phi) is 5.33. The second kappa shape index (κ2) is 7.46. The summed E-state index contributed by atoms with van der Waals surface area (Å²) in [5, 5.41) is 3.24. The van der Waals surface area contributed by atoms with Crippen molar-refractivity contribution in [1.82, 2.24) is 5.32 Å². The molecule has 0 radical (unpaired) electrons. The highest BCUT2D eigenvalue weighted by atomic mass is 16.5. The van der Waals surface area contributed by atoms with Crippen molar-refractivity contribution in [3.8, 4) is 11.5 Å². The molecule has 104 valence electrons. The molecule has 0 saturated heterocycles. The maximum Gasteiger partial charge on any atom is 0.131 e. The average molecular weight is 269 g/mol. The molecule has 2 aromatic carbocycles. The minimum Gasteiger partial charge on any atom is -0.457 e. The first-order valence-corrected chi connectivity index (χ1v) is 6.76. The molecule has 3 heteroatoms. The third-order valence-electron chi connectivity index (χ3n) is 2.89. The van der Waals surface area contributed by atoms with E-state index in [1.807, 2.05) is 54.6 Å². The van der Waals surface area contributed by atoms with Gasteiger partial charge in [-0.1, -0.05) is 30.3 Å². The third-order valence-corrected chi connectivity index (χ3v) is 2.89. The number of carbonyl (C=O) groups excluding carboxylic acids is 1. The van der Waals surface area contributed by atoms with Crippen LogP contribution in [0.1, 0.15) is 18.9 Å². The molecule has 0 atom stereocenters. The molecule has 0 unspecified atom stereocenters. The van der Waals surface area contributed by atoms with Crippen LogP contribution in [0.3, 0.4) is 0 Å².